The minimum absolute atomic E-state index is 0.454. The van der Waals surface area contributed by atoms with Crippen LogP contribution in [0.3, 0.4) is 0 Å². The maximum absolute atomic E-state index is 8.99. The van der Waals surface area contributed by atoms with E-state index in [9.17, 15) is 0 Å². The maximum Gasteiger partial charge on any atom is 0.488 e. The molecule has 0 amide bonds. The molecule has 1 aromatic heterocycles. The summed E-state index contributed by atoms with van der Waals surface area (Å²) in [6.45, 7) is 1.86. The van der Waals surface area contributed by atoms with Crippen LogP contribution in [0.2, 0.25) is 0 Å². The number of benzene rings is 1. The van der Waals surface area contributed by atoms with Crippen LogP contribution >= 0.6 is 0 Å². The van der Waals surface area contributed by atoms with Gasteiger partial charge in [0.15, 0.2) is 0 Å². The van der Waals surface area contributed by atoms with Crippen LogP contribution in [-0.2, 0) is 0 Å². The second-order valence-corrected chi connectivity index (χ2v) is 3.11. The van der Waals surface area contributed by atoms with Gasteiger partial charge in [-0.2, -0.15) is 0 Å². The van der Waals surface area contributed by atoms with Crippen molar-refractivity contribution in [3.05, 3.63) is 30.2 Å². The van der Waals surface area contributed by atoms with E-state index in [1.807, 2.05) is 6.92 Å². The Balaban J connectivity index is 2.70. The molecule has 1 aromatic carbocycles. The van der Waals surface area contributed by atoms with Gasteiger partial charge in [0.2, 0.25) is 0 Å². The third-order valence-corrected chi connectivity index (χ3v) is 2.16. The molecule has 0 unspecified atom stereocenters. The SMILES string of the molecule is Cc1ncnc2ccc(B(O)O)cc12. The Morgan fingerprint density at radius 3 is 2.71 bits per heavy atom. The van der Waals surface area contributed by atoms with Gasteiger partial charge in [0.05, 0.1) is 5.52 Å². The molecule has 70 valence electrons. The van der Waals surface area contributed by atoms with Gasteiger partial charge in [0.1, 0.15) is 6.33 Å². The van der Waals surface area contributed by atoms with E-state index in [1.54, 1.807) is 18.2 Å². The second-order valence-electron chi connectivity index (χ2n) is 3.11. The first-order valence-electron chi connectivity index (χ1n) is 4.26. The third-order valence-electron chi connectivity index (χ3n) is 2.16. The van der Waals surface area contributed by atoms with E-state index in [-0.39, 0.29) is 0 Å². The van der Waals surface area contributed by atoms with Crippen LogP contribution in [0.25, 0.3) is 10.9 Å². The molecule has 5 heteroatoms. The summed E-state index contributed by atoms with van der Waals surface area (Å²) in [6.07, 6.45) is 1.49. The van der Waals surface area contributed by atoms with Gasteiger partial charge in [-0.05, 0) is 18.5 Å². The predicted octanol–water partition coefficient (Wildman–Crippen LogP) is -0.382. The fourth-order valence-corrected chi connectivity index (χ4v) is 1.36. The van der Waals surface area contributed by atoms with Gasteiger partial charge in [-0.25, -0.2) is 9.97 Å². The highest BCUT2D eigenvalue weighted by atomic mass is 16.4. The Morgan fingerprint density at radius 2 is 2.00 bits per heavy atom. The molecule has 2 N–H and O–H groups in total. The highest BCUT2D eigenvalue weighted by molar-refractivity contribution is 6.58. The molecule has 0 aliphatic rings. The van der Waals surface area contributed by atoms with E-state index >= 15 is 0 Å². The van der Waals surface area contributed by atoms with Crippen molar-refractivity contribution in [3.8, 4) is 0 Å². The zero-order chi connectivity index (χ0) is 10.1. The van der Waals surface area contributed by atoms with Crippen molar-refractivity contribution in [2.75, 3.05) is 0 Å². The van der Waals surface area contributed by atoms with Crippen molar-refractivity contribution in [3.63, 3.8) is 0 Å². The molecule has 14 heavy (non-hydrogen) atoms. The molecular weight excluding hydrogens is 179 g/mol. The Labute approximate surface area is 81.4 Å². The lowest BCUT2D eigenvalue weighted by Crippen LogP contribution is -2.29. The van der Waals surface area contributed by atoms with Gasteiger partial charge >= 0.3 is 7.12 Å². The van der Waals surface area contributed by atoms with Crippen LogP contribution in [0.15, 0.2) is 24.5 Å². The van der Waals surface area contributed by atoms with E-state index in [2.05, 4.69) is 9.97 Å². The lowest BCUT2D eigenvalue weighted by Gasteiger charge is -2.03. The van der Waals surface area contributed by atoms with Crippen molar-refractivity contribution < 1.29 is 10.0 Å². The van der Waals surface area contributed by atoms with Gasteiger partial charge in [0.25, 0.3) is 0 Å². The first-order valence-corrected chi connectivity index (χ1v) is 4.26. The van der Waals surface area contributed by atoms with Crippen LogP contribution in [0.1, 0.15) is 5.69 Å². The van der Waals surface area contributed by atoms with Crippen LogP contribution < -0.4 is 5.46 Å². The van der Waals surface area contributed by atoms with Gasteiger partial charge in [0, 0.05) is 11.1 Å². The Bertz CT molecular complexity index is 473. The molecule has 4 nitrogen and oxygen atoms in total. The number of rotatable bonds is 1. The van der Waals surface area contributed by atoms with Gasteiger partial charge in [-0.1, -0.05) is 12.1 Å². The Hall–Kier alpha value is -1.46. The summed E-state index contributed by atoms with van der Waals surface area (Å²) in [6, 6.07) is 5.08. The molecule has 0 fully saturated rings. The summed E-state index contributed by atoms with van der Waals surface area (Å²) in [4.78, 5) is 8.10. The van der Waals surface area contributed by atoms with Crippen LogP contribution in [-0.4, -0.2) is 27.1 Å². The van der Waals surface area contributed by atoms with Gasteiger partial charge in [-0.15, -0.1) is 0 Å². The Morgan fingerprint density at radius 1 is 1.21 bits per heavy atom. The second kappa shape index (κ2) is 3.36. The van der Waals surface area contributed by atoms with Crippen LogP contribution in [0.5, 0.6) is 0 Å². The summed E-state index contributed by atoms with van der Waals surface area (Å²) < 4.78 is 0. The van der Waals surface area contributed by atoms with Crippen LogP contribution in [0.4, 0.5) is 0 Å². The van der Waals surface area contributed by atoms with E-state index in [0.29, 0.717) is 5.46 Å². The molecule has 0 aliphatic heterocycles. The molecule has 0 spiro atoms. The van der Waals surface area contributed by atoms with E-state index < -0.39 is 7.12 Å². The fourth-order valence-electron chi connectivity index (χ4n) is 1.36. The molecule has 0 radical (unpaired) electrons. The topological polar surface area (TPSA) is 66.2 Å². The van der Waals surface area contributed by atoms with Crippen LogP contribution in [0, 0.1) is 6.92 Å². The smallest absolute Gasteiger partial charge is 0.423 e. The predicted molar refractivity (Wildman–Crippen MR) is 54.1 cm³/mol. The highest BCUT2D eigenvalue weighted by Gasteiger charge is 2.11. The fraction of sp³-hybridized carbons (Fsp3) is 0.111. The average molecular weight is 188 g/mol. The molecule has 1 heterocycles. The summed E-state index contributed by atoms with van der Waals surface area (Å²) >= 11 is 0. The normalized spacial score (nSPS) is 10.5. The first-order chi connectivity index (χ1) is 6.68. The average Bonchev–Trinajstić information content (AvgIpc) is 2.18. The summed E-state index contributed by atoms with van der Waals surface area (Å²) in [7, 11) is -1.45. The molecule has 0 atom stereocenters. The lowest BCUT2D eigenvalue weighted by atomic mass is 9.80. The maximum atomic E-state index is 8.99. The van der Waals surface area contributed by atoms with E-state index in [4.69, 9.17) is 10.0 Å². The molecule has 2 rings (SSSR count). The minimum Gasteiger partial charge on any atom is -0.423 e. The van der Waals surface area contributed by atoms with Gasteiger partial charge < -0.3 is 10.0 Å². The zero-order valence-corrected chi connectivity index (χ0v) is 7.68. The quantitative estimate of drug-likeness (QED) is 0.598. The van der Waals surface area contributed by atoms with E-state index in [1.165, 1.54) is 6.33 Å². The summed E-state index contributed by atoms with van der Waals surface area (Å²) in [5.74, 6) is 0. The Kier molecular flexibility index (Phi) is 2.19. The first kappa shape index (κ1) is 9.11. The third kappa shape index (κ3) is 1.47. The van der Waals surface area contributed by atoms with Crippen molar-refractivity contribution in [1.29, 1.82) is 0 Å². The lowest BCUT2D eigenvalue weighted by molar-refractivity contribution is 0.426. The van der Waals surface area contributed by atoms with Crippen molar-refractivity contribution in [2.45, 2.75) is 6.92 Å². The summed E-state index contributed by atoms with van der Waals surface area (Å²) in [5.41, 5.74) is 2.09. The summed E-state index contributed by atoms with van der Waals surface area (Å²) in [5, 5.41) is 18.8. The molecule has 0 saturated heterocycles. The van der Waals surface area contributed by atoms with Crippen molar-refractivity contribution in [2.24, 2.45) is 0 Å². The van der Waals surface area contributed by atoms with Crippen molar-refractivity contribution in [1.82, 2.24) is 9.97 Å². The zero-order valence-electron chi connectivity index (χ0n) is 7.68. The molecule has 2 aromatic rings. The molecule has 0 saturated carbocycles. The molecule has 0 bridgehead atoms. The number of aryl methyl sites for hydroxylation is 1. The number of hydrogen-bond donors (Lipinski definition) is 2. The highest BCUT2D eigenvalue weighted by Crippen LogP contribution is 2.11. The van der Waals surface area contributed by atoms with Gasteiger partial charge in [-0.3, -0.25) is 0 Å². The number of aromatic nitrogens is 2. The number of hydrogen-bond acceptors (Lipinski definition) is 4. The minimum atomic E-state index is -1.45. The number of fused-ring (bicyclic) bond motifs is 1. The largest absolute Gasteiger partial charge is 0.488 e. The standard InChI is InChI=1S/C9H9BN2O2/c1-6-8-4-7(10(13)14)2-3-9(8)12-5-11-6/h2-5,13-14H,1H3. The van der Waals surface area contributed by atoms with Crippen molar-refractivity contribution >= 4 is 23.5 Å². The monoisotopic (exact) mass is 188 g/mol. The van der Waals surface area contributed by atoms with E-state index in [0.717, 1.165) is 16.6 Å². The molecule has 0 aliphatic carbocycles. The number of nitrogens with zero attached hydrogens (tertiary/aromatic N) is 2. The molecular formula is C9H9BN2O2.